The Morgan fingerprint density at radius 2 is 2.27 bits per heavy atom. The third kappa shape index (κ3) is 2.75. The molecule has 0 aliphatic heterocycles. The molecule has 0 bridgehead atoms. The fraction of sp³-hybridized carbons (Fsp3) is 0.583. The van der Waals surface area contributed by atoms with Crippen molar-refractivity contribution in [3.63, 3.8) is 0 Å². The van der Waals surface area contributed by atoms with E-state index < -0.39 is 0 Å². The minimum absolute atomic E-state index is 0.260. The molecule has 0 amide bonds. The van der Waals surface area contributed by atoms with Gasteiger partial charge in [0.15, 0.2) is 0 Å². The second kappa shape index (κ2) is 4.27. The average molecular weight is 208 g/mol. The molecule has 1 saturated carbocycles. The van der Waals surface area contributed by atoms with Gasteiger partial charge < -0.3 is 5.32 Å². The molecule has 1 aromatic rings. The van der Waals surface area contributed by atoms with E-state index in [1.54, 1.807) is 6.20 Å². The summed E-state index contributed by atoms with van der Waals surface area (Å²) in [6, 6.07) is 1.53. The van der Waals surface area contributed by atoms with Gasteiger partial charge in [0.2, 0.25) is 0 Å². The largest absolute Gasteiger partial charge is 0.312 e. The van der Waals surface area contributed by atoms with Gasteiger partial charge in [-0.3, -0.25) is 4.98 Å². The Morgan fingerprint density at radius 1 is 1.47 bits per heavy atom. The van der Waals surface area contributed by atoms with Gasteiger partial charge in [-0.15, -0.1) is 0 Å². The molecule has 15 heavy (non-hydrogen) atoms. The molecule has 0 saturated heterocycles. The maximum absolute atomic E-state index is 12.8. The molecule has 0 spiro atoms. The van der Waals surface area contributed by atoms with Crippen molar-refractivity contribution < 1.29 is 4.39 Å². The topological polar surface area (TPSA) is 24.9 Å². The molecule has 82 valence electrons. The zero-order chi connectivity index (χ0) is 10.7. The number of nitrogens with one attached hydrogen (secondary N) is 1. The number of aromatic nitrogens is 1. The normalized spacial score (nSPS) is 18.5. The Balaban J connectivity index is 1.78. The second-order valence-corrected chi connectivity index (χ2v) is 4.78. The number of hydrogen-bond acceptors (Lipinski definition) is 2. The molecule has 1 aliphatic carbocycles. The summed E-state index contributed by atoms with van der Waals surface area (Å²) in [6.07, 6.45) is 6.90. The molecule has 3 heteroatoms. The van der Waals surface area contributed by atoms with Crippen LogP contribution in [0, 0.1) is 11.2 Å². The van der Waals surface area contributed by atoms with Crippen LogP contribution < -0.4 is 5.32 Å². The summed E-state index contributed by atoms with van der Waals surface area (Å²) >= 11 is 0. The van der Waals surface area contributed by atoms with E-state index in [-0.39, 0.29) is 5.82 Å². The number of pyridine rings is 1. The third-order valence-corrected chi connectivity index (χ3v) is 3.20. The molecule has 1 fully saturated rings. The molecule has 1 heterocycles. The van der Waals surface area contributed by atoms with E-state index in [0.717, 1.165) is 12.1 Å². The summed E-state index contributed by atoms with van der Waals surface area (Å²) in [4.78, 5) is 3.82. The Morgan fingerprint density at radius 3 is 2.87 bits per heavy atom. The first-order valence-corrected chi connectivity index (χ1v) is 5.48. The van der Waals surface area contributed by atoms with Gasteiger partial charge in [0.1, 0.15) is 5.82 Å². The van der Waals surface area contributed by atoms with E-state index in [4.69, 9.17) is 0 Å². The zero-order valence-corrected chi connectivity index (χ0v) is 9.09. The van der Waals surface area contributed by atoms with Gasteiger partial charge in [-0.1, -0.05) is 13.3 Å². The van der Waals surface area contributed by atoms with Crippen molar-refractivity contribution >= 4 is 0 Å². The summed E-state index contributed by atoms with van der Waals surface area (Å²) in [6.45, 7) is 4.02. The minimum atomic E-state index is -0.260. The van der Waals surface area contributed by atoms with Crippen LogP contribution in [0.15, 0.2) is 18.5 Å². The van der Waals surface area contributed by atoms with E-state index >= 15 is 0 Å². The van der Waals surface area contributed by atoms with Gasteiger partial charge in [0.25, 0.3) is 0 Å². The number of hydrogen-bond donors (Lipinski definition) is 1. The fourth-order valence-electron chi connectivity index (χ4n) is 2.02. The molecule has 0 radical (unpaired) electrons. The van der Waals surface area contributed by atoms with Crippen LogP contribution in [-0.4, -0.2) is 11.5 Å². The molecule has 1 N–H and O–H groups in total. The predicted octanol–water partition coefficient (Wildman–Crippen LogP) is 2.50. The van der Waals surface area contributed by atoms with E-state index in [1.807, 2.05) is 0 Å². The average Bonchev–Trinajstić information content (AvgIpc) is 2.15. The van der Waals surface area contributed by atoms with Crippen molar-refractivity contribution in [2.75, 3.05) is 6.54 Å². The summed E-state index contributed by atoms with van der Waals surface area (Å²) in [5.41, 5.74) is 1.39. The van der Waals surface area contributed by atoms with Crippen LogP contribution in [-0.2, 0) is 6.54 Å². The van der Waals surface area contributed by atoms with E-state index in [1.165, 1.54) is 31.5 Å². The van der Waals surface area contributed by atoms with Crippen molar-refractivity contribution in [1.29, 1.82) is 0 Å². The molecular weight excluding hydrogens is 191 g/mol. The molecule has 1 aromatic heterocycles. The summed E-state index contributed by atoms with van der Waals surface area (Å²) in [7, 11) is 0. The highest BCUT2D eigenvalue weighted by Gasteiger charge is 2.30. The first kappa shape index (κ1) is 10.6. The van der Waals surface area contributed by atoms with Gasteiger partial charge in [-0.05, 0) is 29.9 Å². The standard InChI is InChI=1S/C12H17FN2/c1-12(3-2-4-12)9-15-7-10-5-11(13)8-14-6-10/h5-6,8,15H,2-4,7,9H2,1H3. The highest BCUT2D eigenvalue weighted by Crippen LogP contribution is 2.39. The maximum atomic E-state index is 12.8. The van der Waals surface area contributed by atoms with Gasteiger partial charge >= 0.3 is 0 Å². The molecule has 0 atom stereocenters. The SMILES string of the molecule is CC1(CNCc2cncc(F)c2)CCC1. The van der Waals surface area contributed by atoms with Crippen LogP contribution in [0.5, 0.6) is 0 Å². The zero-order valence-electron chi connectivity index (χ0n) is 9.09. The van der Waals surface area contributed by atoms with Gasteiger partial charge in [0, 0.05) is 19.3 Å². The van der Waals surface area contributed by atoms with E-state index in [2.05, 4.69) is 17.2 Å². The molecule has 0 aromatic carbocycles. The Labute approximate surface area is 89.9 Å². The third-order valence-electron chi connectivity index (χ3n) is 3.20. The van der Waals surface area contributed by atoms with Crippen molar-refractivity contribution in [1.82, 2.24) is 10.3 Å². The first-order chi connectivity index (χ1) is 7.18. The summed E-state index contributed by atoms with van der Waals surface area (Å²) in [5.74, 6) is -0.260. The van der Waals surface area contributed by atoms with Crippen LogP contribution in [0.1, 0.15) is 31.7 Å². The summed E-state index contributed by atoms with van der Waals surface area (Å²) < 4.78 is 12.8. The van der Waals surface area contributed by atoms with Crippen molar-refractivity contribution in [2.24, 2.45) is 5.41 Å². The lowest BCUT2D eigenvalue weighted by molar-refractivity contribution is 0.156. The van der Waals surface area contributed by atoms with E-state index in [9.17, 15) is 4.39 Å². The summed E-state index contributed by atoms with van der Waals surface area (Å²) in [5, 5.41) is 3.36. The van der Waals surface area contributed by atoms with Crippen LogP contribution >= 0.6 is 0 Å². The molecular formula is C12H17FN2. The molecule has 2 rings (SSSR count). The van der Waals surface area contributed by atoms with Gasteiger partial charge in [-0.25, -0.2) is 4.39 Å². The Kier molecular flexibility index (Phi) is 3.00. The number of halogens is 1. The van der Waals surface area contributed by atoms with Crippen LogP contribution in [0.25, 0.3) is 0 Å². The monoisotopic (exact) mass is 208 g/mol. The second-order valence-electron chi connectivity index (χ2n) is 4.78. The van der Waals surface area contributed by atoms with Gasteiger partial charge in [0.05, 0.1) is 6.20 Å². The van der Waals surface area contributed by atoms with Gasteiger partial charge in [-0.2, -0.15) is 0 Å². The van der Waals surface area contributed by atoms with Crippen molar-refractivity contribution in [3.05, 3.63) is 29.8 Å². The molecule has 2 nitrogen and oxygen atoms in total. The fourth-order valence-corrected chi connectivity index (χ4v) is 2.02. The van der Waals surface area contributed by atoms with Crippen LogP contribution in [0.4, 0.5) is 4.39 Å². The maximum Gasteiger partial charge on any atom is 0.141 e. The van der Waals surface area contributed by atoms with Crippen LogP contribution in [0.3, 0.4) is 0 Å². The first-order valence-electron chi connectivity index (χ1n) is 5.48. The minimum Gasteiger partial charge on any atom is -0.312 e. The Bertz CT molecular complexity index is 334. The molecule has 1 aliphatic rings. The Hall–Kier alpha value is -0.960. The van der Waals surface area contributed by atoms with E-state index in [0.29, 0.717) is 12.0 Å². The lowest BCUT2D eigenvalue weighted by Crippen LogP contribution is -2.36. The quantitative estimate of drug-likeness (QED) is 0.822. The predicted molar refractivity (Wildman–Crippen MR) is 57.9 cm³/mol. The molecule has 0 unspecified atom stereocenters. The number of nitrogens with zero attached hydrogens (tertiary/aromatic N) is 1. The highest BCUT2D eigenvalue weighted by molar-refractivity contribution is 5.09. The van der Waals surface area contributed by atoms with Crippen molar-refractivity contribution in [3.8, 4) is 0 Å². The lowest BCUT2D eigenvalue weighted by atomic mass is 9.70. The lowest BCUT2D eigenvalue weighted by Gasteiger charge is -2.38. The van der Waals surface area contributed by atoms with Crippen molar-refractivity contribution in [2.45, 2.75) is 32.7 Å². The highest BCUT2D eigenvalue weighted by atomic mass is 19.1. The van der Waals surface area contributed by atoms with Crippen LogP contribution in [0.2, 0.25) is 0 Å². The number of rotatable bonds is 4. The smallest absolute Gasteiger partial charge is 0.141 e.